The van der Waals surface area contributed by atoms with Crippen LogP contribution in [0.1, 0.15) is 322 Å². The molecule has 0 aliphatic heterocycles. The minimum Gasteiger partial charge on any atom is -0.514 e. The van der Waals surface area contributed by atoms with Crippen LogP contribution in [0.4, 0.5) is 0 Å². The largest absolute Gasteiger partial charge is 0.514 e. The van der Waals surface area contributed by atoms with Crippen molar-refractivity contribution in [3.63, 3.8) is 0 Å². The Kier molecular flexibility index (Phi) is 50.4. The topological polar surface area (TPSA) is 106 Å². The van der Waals surface area contributed by atoms with Crippen molar-refractivity contribution in [1.82, 2.24) is 0 Å². The number of aliphatic hydroxyl groups excluding tert-OH is 1. The third kappa shape index (κ3) is 24.7. The van der Waals surface area contributed by atoms with Gasteiger partial charge in [0.2, 0.25) is 0 Å². The van der Waals surface area contributed by atoms with Crippen molar-refractivity contribution in [2.45, 2.75) is 322 Å². The second kappa shape index (κ2) is 48.8. The molecule has 1 N–H and O–H groups in total. The molecule has 0 aromatic heterocycles. The van der Waals surface area contributed by atoms with Gasteiger partial charge in [-0.3, -0.25) is 33.4 Å². The molecule has 0 amide bonds. The van der Waals surface area contributed by atoms with E-state index in [9.17, 15) is 29.1 Å². The number of unbranched alkanes of at least 4 members (excludes halogenated alkanes) is 1. The van der Waals surface area contributed by atoms with Gasteiger partial charge in [0.25, 0.3) is 0 Å². The summed E-state index contributed by atoms with van der Waals surface area (Å²) in [6, 6.07) is 0. The molecule has 568 valence electrons. The summed E-state index contributed by atoms with van der Waals surface area (Å²) >= 11 is 0. The van der Waals surface area contributed by atoms with Crippen LogP contribution in [-0.2, 0) is 220 Å². The second-order valence-electron chi connectivity index (χ2n) is 36.4. The number of aliphatic hydroxyl groups is 1. The Bertz CT molecular complexity index is 2630. The predicted octanol–water partition coefficient (Wildman–Crippen LogP) is 23.1. The summed E-state index contributed by atoms with van der Waals surface area (Å²) in [7, 11) is 0. The standard InChI is InChI=1S/C17H27O.C16H25O.C15H23O.C14H23O.2C14H21O.CH4.6Y/c1-13(7-4-5-12-18)15-9-10-16-14(2)8-6-11-17(15,16)3;1-12-6-4-10-16(3)14(12)8-9-15(16)13(2)7-5-11-17;1-11-5-4-9-15(3)13(11)6-7-14(15)12(2)8-10-16;3*1-10-5-4-8-14(3)12(10)6-7-13(14)11(2)9-15;;;;;;;/h2,12-13,15-16H,4-11H2,1,3H3;1,11,13-15H,4-10H2,2-3H3;1,10,12-14H,4-9H2,2-3H3;1,11-13,15H,4-9H2,2-3H3;2*1,9,11-13H,4-8H2,2-3H3;1H4;;;;;;/q6*-1;;;;;;;/t13-,15+,16?,17+;13-,14?,15+,16-;12-,13?,14+,15-;2*11-,12?,13+,14-;11-,12?,13-,14+;;;;;;;/m000001......./s1. The zero-order valence-electron chi connectivity index (χ0n) is 66.9. The predicted molar refractivity (Wildman–Crippen MR) is 403 cm³/mol. The number of hydrogen-bond donors (Lipinski definition) is 1. The molecule has 12 heteroatoms. The summed E-state index contributed by atoms with van der Waals surface area (Å²) in [6.45, 7) is 65.1. The molecule has 6 radical (unpaired) electrons. The van der Waals surface area contributed by atoms with Gasteiger partial charge in [-0.2, -0.15) is 0 Å². The summed E-state index contributed by atoms with van der Waals surface area (Å²) in [5.74, 6) is 10.6. The van der Waals surface area contributed by atoms with Gasteiger partial charge < -0.3 is 68.6 Å². The van der Waals surface area contributed by atoms with Crippen molar-refractivity contribution in [3.8, 4) is 0 Å². The Hall–Kier alpha value is 3.37. The van der Waals surface area contributed by atoms with Crippen LogP contribution in [0.25, 0.3) is 0 Å². The SMILES string of the molecule is C.[CH-]=C1CCC[C@@]2(C)C1CC[C@@H]2[C@@H](C)C=O.[CH-]=C1CCC[C@@]2(C)C1CC[C@@H]2[C@@H](C)CC=O.[CH-]=C1CCC[C@@]2(C)C1CC[C@@H]2[C@@H](C)CCC=O.[CH-]=C1CCC[C@@]2(C)C1CC[C@@H]2[C@@H](C)CCCC=O.[CH-]=C1CCC[C@@]2(C)C1CC[C@@H]2[C@@H](C)CO.[CH-]=C1CCC[C@@]2(C)C1CC[C@@H]2[C@H](C)C=O.[Y].[Y].[Y].[Y].[Y].[Y]. The average molecular weight is 1870 g/mol. The second-order valence-corrected chi connectivity index (χ2v) is 36.4. The Morgan fingerprint density at radius 1 is 0.340 bits per heavy atom. The van der Waals surface area contributed by atoms with Gasteiger partial charge in [-0.15, -0.1) is 0 Å². The van der Waals surface area contributed by atoms with E-state index in [1.807, 2.05) is 0 Å². The van der Waals surface area contributed by atoms with Gasteiger partial charge >= 0.3 is 0 Å². The van der Waals surface area contributed by atoms with E-state index >= 15 is 0 Å². The van der Waals surface area contributed by atoms with Gasteiger partial charge in [0.05, 0.1) is 0 Å². The fourth-order valence-corrected chi connectivity index (χ4v) is 25.8. The Morgan fingerprint density at radius 3 is 0.816 bits per heavy atom. The molecule has 12 aliphatic carbocycles. The fraction of sp³-hybridized carbons (Fsp3) is 0.813. The van der Waals surface area contributed by atoms with E-state index in [4.69, 9.17) is 39.5 Å². The van der Waals surface area contributed by atoms with Gasteiger partial charge in [-0.05, 0) is 256 Å². The summed E-state index contributed by atoms with van der Waals surface area (Å²) < 4.78 is 0. The van der Waals surface area contributed by atoms with Gasteiger partial charge in [0.15, 0.2) is 0 Å². The third-order valence-corrected chi connectivity index (χ3v) is 31.2. The van der Waals surface area contributed by atoms with E-state index in [1.165, 1.54) is 194 Å². The molecule has 12 fully saturated rings. The van der Waals surface area contributed by atoms with Crippen molar-refractivity contribution in [3.05, 3.63) is 72.9 Å². The number of rotatable bonds is 18. The van der Waals surface area contributed by atoms with Crippen LogP contribution in [-0.4, -0.2) is 43.1 Å². The molecular weight excluding hydrogens is 1720 g/mol. The Labute approximate surface area is 785 Å². The molecule has 12 rings (SSSR count). The maximum absolute atomic E-state index is 11.0. The Morgan fingerprint density at radius 2 is 0.573 bits per heavy atom. The number of carbonyl (C=O) groups is 5. The molecule has 0 aromatic carbocycles. The quantitative estimate of drug-likeness (QED) is 0.0833. The molecule has 0 heterocycles. The molecule has 0 aromatic rings. The van der Waals surface area contributed by atoms with E-state index in [2.05, 4.69) is 83.1 Å². The molecule has 6 unspecified atom stereocenters. The van der Waals surface area contributed by atoms with Gasteiger partial charge in [-0.1, -0.05) is 174 Å². The molecule has 12 aliphatic rings. The van der Waals surface area contributed by atoms with E-state index in [-0.39, 0.29) is 216 Å². The van der Waals surface area contributed by atoms with Crippen molar-refractivity contribution >= 4 is 31.4 Å². The number of aldehydes is 5. The first-order valence-electron chi connectivity index (χ1n) is 40.1. The smallest absolute Gasteiger partial charge is 0.123 e. The van der Waals surface area contributed by atoms with Crippen molar-refractivity contribution in [2.75, 3.05) is 6.61 Å². The summed E-state index contributed by atoms with van der Waals surface area (Å²) in [5.41, 5.74) is 9.63. The zero-order chi connectivity index (χ0) is 70.6. The zero-order valence-corrected chi connectivity index (χ0v) is 83.9. The number of allylic oxidation sites excluding steroid dienone is 6. The summed E-state index contributed by atoms with van der Waals surface area (Å²) in [5, 5.41) is 9.33. The van der Waals surface area contributed by atoms with Crippen LogP contribution in [0.3, 0.4) is 0 Å². The van der Waals surface area contributed by atoms with Crippen LogP contribution in [0.5, 0.6) is 0 Å². The molecule has 0 bridgehead atoms. The van der Waals surface area contributed by atoms with E-state index in [1.54, 1.807) is 0 Å². The maximum atomic E-state index is 11.0. The van der Waals surface area contributed by atoms with Gasteiger partial charge in [0.1, 0.15) is 31.4 Å². The molecule has 24 atom stereocenters. The first-order chi connectivity index (χ1) is 45.6. The van der Waals surface area contributed by atoms with Crippen LogP contribution in [0.2, 0.25) is 0 Å². The maximum Gasteiger partial charge on any atom is 0.123 e. The molecule has 6 nitrogen and oxygen atoms in total. The van der Waals surface area contributed by atoms with E-state index in [0.29, 0.717) is 122 Å². The first-order valence-corrected chi connectivity index (χ1v) is 40.1. The van der Waals surface area contributed by atoms with Crippen LogP contribution in [0.15, 0.2) is 33.4 Å². The van der Waals surface area contributed by atoms with Crippen LogP contribution < -0.4 is 0 Å². The van der Waals surface area contributed by atoms with Crippen LogP contribution in [0, 0.1) is 178 Å². The van der Waals surface area contributed by atoms with E-state index < -0.39 is 0 Å². The van der Waals surface area contributed by atoms with E-state index in [0.717, 1.165) is 113 Å². The van der Waals surface area contributed by atoms with Gasteiger partial charge in [0, 0.05) is 234 Å². The minimum atomic E-state index is 0. The molecule has 12 saturated carbocycles. The number of carbonyl (C=O) groups excluding carboxylic acids is 5. The molecule has 103 heavy (non-hydrogen) atoms. The monoisotopic (exact) mass is 1870 g/mol. The number of hydrogen-bond acceptors (Lipinski definition) is 6. The average Bonchev–Trinajstić information content (AvgIpc) is 1.70. The minimum absolute atomic E-state index is 0. The molecule has 0 spiro atoms. The third-order valence-electron chi connectivity index (χ3n) is 31.2. The van der Waals surface area contributed by atoms with Crippen molar-refractivity contribution in [2.24, 2.45) is 139 Å². The summed E-state index contributed by atoms with van der Waals surface area (Å²) in [4.78, 5) is 53.5. The van der Waals surface area contributed by atoms with Crippen molar-refractivity contribution < 1.29 is 225 Å². The van der Waals surface area contributed by atoms with Crippen molar-refractivity contribution in [1.29, 1.82) is 0 Å². The van der Waals surface area contributed by atoms with Gasteiger partial charge in [-0.25, -0.2) is 0 Å². The molecule has 0 saturated heterocycles. The normalized spacial score (nSPS) is 37.8. The van der Waals surface area contributed by atoms with Crippen LogP contribution >= 0.6 is 0 Å². The Balaban J connectivity index is 0.00000120. The summed E-state index contributed by atoms with van der Waals surface area (Å²) in [6.07, 6.45) is 47.8. The first kappa shape index (κ1) is 106. The molecular formula is C91H144O6Y6-6. The number of fused-ring (bicyclic) bond motifs is 6. The fourth-order valence-electron chi connectivity index (χ4n) is 25.8.